The van der Waals surface area contributed by atoms with Gasteiger partial charge in [-0.15, -0.1) is 11.3 Å². The summed E-state index contributed by atoms with van der Waals surface area (Å²) in [5.74, 6) is -0.508. The van der Waals surface area contributed by atoms with Crippen molar-refractivity contribution in [3.05, 3.63) is 81.9 Å². The zero-order valence-electron chi connectivity index (χ0n) is 18.5. The fraction of sp³-hybridized carbons (Fsp3) is 0.240. The third-order valence-electron chi connectivity index (χ3n) is 5.31. The van der Waals surface area contributed by atoms with Crippen LogP contribution in [0, 0.1) is 0 Å². The van der Waals surface area contributed by atoms with Gasteiger partial charge in [-0.25, -0.2) is 4.79 Å². The molecule has 1 N–H and O–H groups in total. The van der Waals surface area contributed by atoms with Gasteiger partial charge in [-0.3, -0.25) is 10.3 Å². The molecule has 1 aliphatic carbocycles. The zero-order chi connectivity index (χ0) is 24.3. The molecule has 9 heteroatoms. The Kier molecular flexibility index (Phi) is 6.95. The van der Waals surface area contributed by atoms with Gasteiger partial charge in [-0.2, -0.15) is 13.2 Å². The number of thiophene rings is 1. The number of fused-ring (bicyclic) bond motifs is 1. The lowest BCUT2D eigenvalue weighted by molar-refractivity contribution is -0.137. The van der Waals surface area contributed by atoms with Crippen LogP contribution in [0.2, 0.25) is 0 Å². The van der Waals surface area contributed by atoms with Gasteiger partial charge in [0.1, 0.15) is 5.57 Å². The van der Waals surface area contributed by atoms with E-state index in [0.717, 1.165) is 46.2 Å². The van der Waals surface area contributed by atoms with E-state index in [1.807, 2.05) is 23.6 Å². The topological polar surface area (TPSA) is 56.8 Å². The number of hydroxylamine groups is 1. The standard InChI is InChI=1S/C25H22F3NO4S/c1-31-13-20(24(30)32-2)21-14-34-22-9-6-15(10-19(21)22)12-33-29-23(16-7-8-16)17-4-3-5-18(11-17)25(26,27)28/h3-6,9-11,13-14,29H,7-8,12H2,1-2H3. The Labute approximate surface area is 198 Å². The van der Waals surface area contributed by atoms with Crippen molar-refractivity contribution in [1.82, 2.24) is 5.48 Å². The van der Waals surface area contributed by atoms with Crippen LogP contribution in [0.4, 0.5) is 13.2 Å². The number of allylic oxidation sites excluding steroid dienone is 1. The van der Waals surface area contributed by atoms with Gasteiger partial charge in [-0.1, -0.05) is 18.2 Å². The molecule has 0 spiro atoms. The SMILES string of the molecule is COC=C(C(=O)OC)c1csc2ccc(CONC(=C3CC3)c3cccc(C(F)(F)F)c3)cc12. The predicted octanol–water partition coefficient (Wildman–Crippen LogP) is 6.31. The van der Waals surface area contributed by atoms with Gasteiger partial charge in [0.05, 0.1) is 38.3 Å². The van der Waals surface area contributed by atoms with Crippen molar-refractivity contribution in [1.29, 1.82) is 0 Å². The van der Waals surface area contributed by atoms with Gasteiger partial charge >= 0.3 is 12.1 Å². The summed E-state index contributed by atoms with van der Waals surface area (Å²) in [4.78, 5) is 17.9. The summed E-state index contributed by atoms with van der Waals surface area (Å²) in [6.07, 6.45) is -1.44. The number of carbonyl (C=O) groups is 1. The number of carbonyl (C=O) groups excluding carboxylic acids is 1. The number of hydrogen-bond donors (Lipinski definition) is 1. The Balaban J connectivity index is 1.52. The summed E-state index contributed by atoms with van der Waals surface area (Å²) in [5, 5.41) is 2.71. The highest BCUT2D eigenvalue weighted by atomic mass is 32.1. The van der Waals surface area contributed by atoms with Crippen molar-refractivity contribution in [3.63, 3.8) is 0 Å². The Morgan fingerprint density at radius 3 is 2.62 bits per heavy atom. The van der Waals surface area contributed by atoms with Crippen LogP contribution in [0.5, 0.6) is 0 Å². The van der Waals surface area contributed by atoms with Crippen molar-refractivity contribution >= 4 is 38.7 Å². The monoisotopic (exact) mass is 489 g/mol. The molecule has 3 aromatic rings. The summed E-state index contributed by atoms with van der Waals surface area (Å²) in [5.41, 5.74) is 6.00. The van der Waals surface area contributed by atoms with Gasteiger partial charge in [0.25, 0.3) is 0 Å². The summed E-state index contributed by atoms with van der Waals surface area (Å²) < 4.78 is 50.3. The average Bonchev–Trinajstić information content (AvgIpc) is 3.58. The summed E-state index contributed by atoms with van der Waals surface area (Å²) in [6.45, 7) is 0.169. The lowest BCUT2D eigenvalue weighted by atomic mass is 10.0. The Bertz CT molecular complexity index is 1270. The second kappa shape index (κ2) is 9.90. The molecular formula is C25H22F3NO4S. The van der Waals surface area contributed by atoms with E-state index in [-0.39, 0.29) is 6.61 Å². The molecule has 0 amide bonds. The molecule has 0 radical (unpaired) electrons. The number of hydrogen-bond acceptors (Lipinski definition) is 6. The maximum Gasteiger partial charge on any atom is 0.416 e. The second-order valence-electron chi connectivity index (χ2n) is 7.69. The lowest BCUT2D eigenvalue weighted by Gasteiger charge is -2.14. The Hall–Kier alpha value is -3.30. The molecule has 0 atom stereocenters. The Morgan fingerprint density at radius 1 is 1.15 bits per heavy atom. The fourth-order valence-electron chi connectivity index (χ4n) is 3.51. The van der Waals surface area contributed by atoms with Crippen LogP contribution in [-0.2, 0) is 31.9 Å². The van der Waals surface area contributed by atoms with E-state index in [1.165, 1.54) is 37.9 Å². The van der Waals surface area contributed by atoms with Crippen molar-refractivity contribution in [2.75, 3.05) is 14.2 Å². The minimum atomic E-state index is -4.41. The average molecular weight is 490 g/mol. The molecule has 4 rings (SSSR count). The number of esters is 1. The van der Waals surface area contributed by atoms with Crippen LogP contribution in [0.25, 0.3) is 21.4 Å². The highest BCUT2D eigenvalue weighted by Gasteiger charge is 2.31. The highest BCUT2D eigenvalue weighted by molar-refractivity contribution is 7.17. The molecule has 0 aliphatic heterocycles. The number of alkyl halides is 3. The molecule has 1 saturated carbocycles. The number of methoxy groups -OCH3 is 2. The summed E-state index contributed by atoms with van der Waals surface area (Å²) in [6, 6.07) is 10.9. The number of benzene rings is 2. The molecule has 178 valence electrons. The molecule has 1 aliphatic rings. The quantitative estimate of drug-likeness (QED) is 0.174. The largest absolute Gasteiger partial charge is 0.503 e. The van der Waals surface area contributed by atoms with Crippen LogP contribution in [0.3, 0.4) is 0 Å². The zero-order valence-corrected chi connectivity index (χ0v) is 19.3. The van der Waals surface area contributed by atoms with E-state index >= 15 is 0 Å². The first-order valence-corrected chi connectivity index (χ1v) is 11.3. The molecule has 1 heterocycles. The number of ether oxygens (including phenoxy) is 2. The normalized spacial score (nSPS) is 13.7. The minimum Gasteiger partial charge on any atom is -0.503 e. The van der Waals surface area contributed by atoms with E-state index < -0.39 is 17.7 Å². The molecule has 2 aromatic carbocycles. The molecule has 1 aromatic heterocycles. The summed E-state index contributed by atoms with van der Waals surface area (Å²) >= 11 is 1.49. The van der Waals surface area contributed by atoms with Gasteiger partial charge in [0, 0.05) is 26.6 Å². The van der Waals surface area contributed by atoms with Crippen molar-refractivity contribution in [2.24, 2.45) is 0 Å². The van der Waals surface area contributed by atoms with Gasteiger partial charge in [0.2, 0.25) is 0 Å². The Morgan fingerprint density at radius 2 is 1.94 bits per heavy atom. The smallest absolute Gasteiger partial charge is 0.416 e. The molecule has 0 unspecified atom stereocenters. The minimum absolute atomic E-state index is 0.169. The van der Waals surface area contributed by atoms with E-state index in [1.54, 1.807) is 6.07 Å². The first-order valence-electron chi connectivity index (χ1n) is 10.4. The second-order valence-corrected chi connectivity index (χ2v) is 8.60. The molecule has 5 nitrogen and oxygen atoms in total. The molecule has 34 heavy (non-hydrogen) atoms. The van der Waals surface area contributed by atoms with Crippen molar-refractivity contribution in [3.8, 4) is 0 Å². The maximum atomic E-state index is 13.1. The van der Waals surface area contributed by atoms with Crippen LogP contribution >= 0.6 is 11.3 Å². The maximum absolute atomic E-state index is 13.1. The number of rotatable bonds is 8. The van der Waals surface area contributed by atoms with E-state index in [2.05, 4.69) is 5.48 Å². The lowest BCUT2D eigenvalue weighted by Crippen LogP contribution is -2.14. The number of halogens is 3. The fourth-order valence-corrected chi connectivity index (χ4v) is 4.46. The van der Waals surface area contributed by atoms with Crippen molar-refractivity contribution in [2.45, 2.75) is 25.6 Å². The van der Waals surface area contributed by atoms with Crippen molar-refractivity contribution < 1.29 is 32.3 Å². The van der Waals surface area contributed by atoms with E-state index in [4.69, 9.17) is 14.3 Å². The number of nitrogens with one attached hydrogen (secondary N) is 1. The van der Waals surface area contributed by atoms with Crippen LogP contribution in [-0.4, -0.2) is 20.2 Å². The third kappa shape index (κ3) is 5.26. The van der Waals surface area contributed by atoms with E-state index in [9.17, 15) is 18.0 Å². The first-order chi connectivity index (χ1) is 16.3. The predicted molar refractivity (Wildman–Crippen MR) is 124 cm³/mol. The molecule has 0 bridgehead atoms. The molecule has 1 fully saturated rings. The first kappa shape index (κ1) is 23.8. The summed E-state index contributed by atoms with van der Waals surface area (Å²) in [7, 11) is 2.76. The molecule has 0 saturated heterocycles. The van der Waals surface area contributed by atoms with Crippen LogP contribution < -0.4 is 5.48 Å². The van der Waals surface area contributed by atoms with Crippen LogP contribution in [0.15, 0.2) is 59.7 Å². The van der Waals surface area contributed by atoms with Crippen LogP contribution in [0.1, 0.15) is 35.1 Å². The highest BCUT2D eigenvalue weighted by Crippen LogP contribution is 2.37. The van der Waals surface area contributed by atoms with E-state index in [0.29, 0.717) is 22.4 Å². The molecular weight excluding hydrogens is 467 g/mol. The van der Waals surface area contributed by atoms with Gasteiger partial charge in [0.15, 0.2) is 0 Å². The third-order valence-corrected chi connectivity index (χ3v) is 6.28. The van der Waals surface area contributed by atoms with Gasteiger partial charge < -0.3 is 9.47 Å². The van der Waals surface area contributed by atoms with Gasteiger partial charge in [-0.05, 0) is 48.2 Å².